The van der Waals surface area contributed by atoms with E-state index in [1.807, 2.05) is 6.07 Å². The SMILES string of the molecule is N#CCCC/C(N)=C/N(N)CC=O. The summed E-state index contributed by atoms with van der Waals surface area (Å²) < 4.78 is 0. The predicted molar refractivity (Wildman–Crippen MR) is 48.7 cm³/mol. The highest BCUT2D eigenvalue weighted by Gasteiger charge is 1.94. The Morgan fingerprint density at radius 2 is 2.31 bits per heavy atom. The van der Waals surface area contributed by atoms with Crippen molar-refractivity contribution < 1.29 is 4.79 Å². The van der Waals surface area contributed by atoms with Gasteiger partial charge >= 0.3 is 0 Å². The van der Waals surface area contributed by atoms with Crippen LogP contribution in [0.3, 0.4) is 0 Å². The van der Waals surface area contributed by atoms with Crippen LogP contribution in [0.5, 0.6) is 0 Å². The van der Waals surface area contributed by atoms with Crippen LogP contribution in [0.15, 0.2) is 11.9 Å². The lowest BCUT2D eigenvalue weighted by molar-refractivity contribution is -0.108. The zero-order valence-electron chi connectivity index (χ0n) is 7.44. The average Bonchev–Trinajstić information content (AvgIpc) is 2.05. The number of nitrogens with two attached hydrogens (primary N) is 2. The second kappa shape index (κ2) is 7.13. The minimum absolute atomic E-state index is 0.124. The van der Waals surface area contributed by atoms with Crippen molar-refractivity contribution in [1.82, 2.24) is 5.01 Å². The van der Waals surface area contributed by atoms with Gasteiger partial charge in [-0.15, -0.1) is 0 Å². The molecule has 72 valence electrons. The minimum atomic E-state index is 0.124. The van der Waals surface area contributed by atoms with E-state index >= 15 is 0 Å². The smallest absolute Gasteiger partial charge is 0.140 e. The van der Waals surface area contributed by atoms with E-state index in [9.17, 15) is 4.79 Å². The number of unbranched alkanes of at least 4 members (excludes halogenated alkanes) is 1. The van der Waals surface area contributed by atoms with E-state index in [4.69, 9.17) is 16.8 Å². The Labute approximate surface area is 77.6 Å². The standard InChI is InChI=1S/C8H14N4O/c9-4-2-1-3-8(10)7-12(11)5-6-13/h6-7H,1-3,5,10-11H2/b8-7-. The van der Waals surface area contributed by atoms with Gasteiger partial charge in [0.15, 0.2) is 0 Å². The second-order valence-corrected chi connectivity index (χ2v) is 2.58. The van der Waals surface area contributed by atoms with Gasteiger partial charge in [-0.25, -0.2) is 5.84 Å². The van der Waals surface area contributed by atoms with Gasteiger partial charge in [-0.05, 0) is 12.8 Å². The number of rotatable bonds is 6. The molecule has 0 aromatic rings. The molecule has 0 heterocycles. The van der Waals surface area contributed by atoms with Gasteiger partial charge in [0, 0.05) is 18.3 Å². The van der Waals surface area contributed by atoms with Crippen molar-refractivity contribution >= 4 is 6.29 Å². The molecule has 5 heteroatoms. The van der Waals surface area contributed by atoms with Crippen molar-refractivity contribution in [3.8, 4) is 6.07 Å². The molecule has 13 heavy (non-hydrogen) atoms. The highest BCUT2D eigenvalue weighted by Crippen LogP contribution is 2.00. The molecule has 0 rings (SSSR count). The summed E-state index contributed by atoms with van der Waals surface area (Å²) >= 11 is 0. The molecule has 0 saturated carbocycles. The molecule has 0 aromatic heterocycles. The van der Waals surface area contributed by atoms with Crippen LogP contribution in [0.2, 0.25) is 0 Å². The Hall–Kier alpha value is -1.54. The Morgan fingerprint density at radius 3 is 2.85 bits per heavy atom. The fraction of sp³-hybridized carbons (Fsp3) is 0.500. The normalized spacial score (nSPS) is 10.6. The number of hydrazine groups is 1. The molecule has 0 spiro atoms. The molecule has 0 saturated heterocycles. The van der Waals surface area contributed by atoms with E-state index in [-0.39, 0.29) is 6.54 Å². The largest absolute Gasteiger partial charge is 0.401 e. The average molecular weight is 182 g/mol. The van der Waals surface area contributed by atoms with Crippen LogP contribution in [-0.4, -0.2) is 17.8 Å². The number of hydrogen-bond acceptors (Lipinski definition) is 5. The first-order chi connectivity index (χ1) is 6.20. The van der Waals surface area contributed by atoms with Crippen molar-refractivity contribution in [3.63, 3.8) is 0 Å². The zero-order valence-corrected chi connectivity index (χ0v) is 7.44. The molecule has 0 amide bonds. The molecule has 4 N–H and O–H groups in total. The Kier molecular flexibility index (Phi) is 6.28. The lowest BCUT2D eigenvalue weighted by Crippen LogP contribution is -2.28. The quantitative estimate of drug-likeness (QED) is 0.258. The molecule has 0 aliphatic rings. The third-order valence-corrected chi connectivity index (χ3v) is 1.37. The maximum atomic E-state index is 10.0. The number of carbonyl (C=O) groups is 1. The Bertz CT molecular complexity index is 219. The van der Waals surface area contributed by atoms with E-state index in [2.05, 4.69) is 0 Å². The summed E-state index contributed by atoms with van der Waals surface area (Å²) in [6.45, 7) is 0.124. The first kappa shape index (κ1) is 11.5. The number of carbonyl (C=O) groups excluding carboxylic acids is 1. The van der Waals surface area contributed by atoms with E-state index in [1.165, 1.54) is 11.2 Å². The monoisotopic (exact) mass is 182 g/mol. The van der Waals surface area contributed by atoms with Crippen molar-refractivity contribution in [2.75, 3.05) is 6.54 Å². The molecule has 0 radical (unpaired) electrons. The topological polar surface area (TPSA) is 96.1 Å². The second-order valence-electron chi connectivity index (χ2n) is 2.58. The molecule has 0 fully saturated rings. The van der Waals surface area contributed by atoms with Crippen LogP contribution in [0.25, 0.3) is 0 Å². The summed E-state index contributed by atoms with van der Waals surface area (Å²) in [6, 6.07) is 2.02. The third-order valence-electron chi connectivity index (χ3n) is 1.37. The number of aldehydes is 1. The van der Waals surface area contributed by atoms with Gasteiger partial charge in [0.1, 0.15) is 6.29 Å². The van der Waals surface area contributed by atoms with Gasteiger partial charge in [-0.2, -0.15) is 5.26 Å². The number of nitriles is 1. The molecule has 0 bridgehead atoms. The fourth-order valence-corrected chi connectivity index (χ4v) is 0.788. The molecule has 0 aromatic carbocycles. The number of allylic oxidation sites excluding steroid dienone is 1. The van der Waals surface area contributed by atoms with Crippen molar-refractivity contribution in [1.29, 1.82) is 5.26 Å². The minimum Gasteiger partial charge on any atom is -0.401 e. The number of hydrogen-bond donors (Lipinski definition) is 2. The van der Waals surface area contributed by atoms with Gasteiger partial charge in [0.25, 0.3) is 0 Å². The van der Waals surface area contributed by atoms with E-state index < -0.39 is 0 Å². The highest BCUT2D eigenvalue weighted by molar-refractivity contribution is 5.52. The summed E-state index contributed by atoms with van der Waals surface area (Å²) in [7, 11) is 0. The fourth-order valence-electron chi connectivity index (χ4n) is 0.788. The van der Waals surface area contributed by atoms with Crippen LogP contribution in [0, 0.1) is 11.3 Å². The highest BCUT2D eigenvalue weighted by atomic mass is 16.1. The van der Waals surface area contributed by atoms with E-state index in [0.29, 0.717) is 31.2 Å². The first-order valence-corrected chi connectivity index (χ1v) is 3.98. The van der Waals surface area contributed by atoms with Crippen LogP contribution in [0.1, 0.15) is 19.3 Å². The molecule has 0 aliphatic carbocycles. The lowest BCUT2D eigenvalue weighted by atomic mass is 10.2. The molecule has 0 aliphatic heterocycles. The van der Waals surface area contributed by atoms with Crippen molar-refractivity contribution in [3.05, 3.63) is 11.9 Å². The van der Waals surface area contributed by atoms with Crippen LogP contribution >= 0.6 is 0 Å². The summed E-state index contributed by atoms with van der Waals surface area (Å²) in [5.74, 6) is 5.37. The first-order valence-electron chi connectivity index (χ1n) is 3.98. The maximum absolute atomic E-state index is 10.0. The summed E-state index contributed by atoms with van der Waals surface area (Å²) in [5.41, 5.74) is 6.14. The van der Waals surface area contributed by atoms with Gasteiger partial charge in [-0.3, -0.25) is 0 Å². The maximum Gasteiger partial charge on any atom is 0.140 e. The van der Waals surface area contributed by atoms with Gasteiger partial charge in [0.2, 0.25) is 0 Å². The van der Waals surface area contributed by atoms with Crippen LogP contribution in [0.4, 0.5) is 0 Å². The third kappa shape index (κ3) is 6.84. The Balaban J connectivity index is 3.73. The van der Waals surface area contributed by atoms with Crippen LogP contribution < -0.4 is 11.6 Å². The van der Waals surface area contributed by atoms with Gasteiger partial charge in [0.05, 0.1) is 12.6 Å². The van der Waals surface area contributed by atoms with Gasteiger partial charge in [-0.1, -0.05) is 0 Å². The summed E-state index contributed by atoms with van der Waals surface area (Å²) in [4.78, 5) is 10.0. The summed E-state index contributed by atoms with van der Waals surface area (Å²) in [6.07, 6.45) is 4.02. The van der Waals surface area contributed by atoms with Crippen molar-refractivity contribution in [2.45, 2.75) is 19.3 Å². The summed E-state index contributed by atoms with van der Waals surface area (Å²) in [5, 5.41) is 9.47. The van der Waals surface area contributed by atoms with Crippen molar-refractivity contribution in [2.24, 2.45) is 11.6 Å². The van der Waals surface area contributed by atoms with E-state index in [1.54, 1.807) is 0 Å². The lowest BCUT2D eigenvalue weighted by Gasteiger charge is -2.10. The molecule has 0 atom stereocenters. The molecule has 0 unspecified atom stereocenters. The van der Waals surface area contributed by atoms with E-state index in [0.717, 1.165) is 0 Å². The van der Waals surface area contributed by atoms with Gasteiger partial charge < -0.3 is 15.5 Å². The predicted octanol–water partition coefficient (Wildman–Crippen LogP) is -0.145. The zero-order chi connectivity index (χ0) is 10.1. The van der Waals surface area contributed by atoms with Crippen LogP contribution in [-0.2, 0) is 4.79 Å². The number of nitrogens with zero attached hydrogens (tertiary/aromatic N) is 2. The Morgan fingerprint density at radius 1 is 1.62 bits per heavy atom. The molecular formula is C8H14N4O. The molecular weight excluding hydrogens is 168 g/mol. The molecule has 5 nitrogen and oxygen atoms in total.